The van der Waals surface area contributed by atoms with Crippen molar-refractivity contribution in [2.75, 3.05) is 6.61 Å². The molecule has 0 aliphatic heterocycles. The van der Waals surface area contributed by atoms with Crippen LogP contribution in [0.2, 0.25) is 0 Å². The summed E-state index contributed by atoms with van der Waals surface area (Å²) in [6.07, 6.45) is 0. The van der Waals surface area contributed by atoms with Crippen LogP contribution in [0.1, 0.15) is 19.4 Å². The Morgan fingerprint density at radius 2 is 1.93 bits per heavy atom. The summed E-state index contributed by atoms with van der Waals surface area (Å²) in [6.45, 7) is 3.18. The first kappa shape index (κ1) is 11.4. The fourth-order valence-electron chi connectivity index (χ4n) is 1.27. The van der Waals surface area contributed by atoms with E-state index in [0.717, 1.165) is 0 Å². The number of carbonyl (C=O) groups is 1. The van der Waals surface area contributed by atoms with Crippen molar-refractivity contribution in [2.45, 2.75) is 13.8 Å². The number of halogens is 1. The van der Waals surface area contributed by atoms with Crippen LogP contribution in [-0.2, 0) is 9.53 Å². The van der Waals surface area contributed by atoms with Gasteiger partial charge in [0.1, 0.15) is 5.83 Å². The lowest BCUT2D eigenvalue weighted by Gasteiger charge is -2.06. The van der Waals surface area contributed by atoms with Crippen molar-refractivity contribution in [3.63, 3.8) is 0 Å². The zero-order chi connectivity index (χ0) is 11.3. The molecule has 0 fully saturated rings. The molecule has 1 aromatic carbocycles. The third-order valence-corrected chi connectivity index (χ3v) is 1.89. The maximum atomic E-state index is 13.2. The van der Waals surface area contributed by atoms with E-state index < -0.39 is 11.8 Å². The number of hydrogen-bond donors (Lipinski definition) is 0. The third kappa shape index (κ3) is 2.91. The molecule has 0 aliphatic carbocycles. The second-order valence-electron chi connectivity index (χ2n) is 2.99. The molecule has 0 aliphatic rings. The van der Waals surface area contributed by atoms with Gasteiger partial charge in [0.05, 0.1) is 12.2 Å². The fraction of sp³-hybridized carbons (Fsp3) is 0.250. The Bertz CT molecular complexity index is 364. The van der Waals surface area contributed by atoms with Crippen LogP contribution >= 0.6 is 0 Å². The van der Waals surface area contributed by atoms with Gasteiger partial charge in [-0.1, -0.05) is 30.3 Å². The molecule has 0 saturated heterocycles. The van der Waals surface area contributed by atoms with Gasteiger partial charge in [-0.15, -0.1) is 0 Å². The Hall–Kier alpha value is -1.64. The van der Waals surface area contributed by atoms with E-state index >= 15 is 0 Å². The lowest BCUT2D eigenvalue weighted by molar-refractivity contribution is -0.136. The number of ether oxygens (including phenoxy) is 1. The lowest BCUT2D eigenvalue weighted by atomic mass is 10.1. The van der Waals surface area contributed by atoms with Gasteiger partial charge in [-0.3, -0.25) is 0 Å². The molecule has 3 heteroatoms. The van der Waals surface area contributed by atoms with Crippen molar-refractivity contribution in [3.8, 4) is 0 Å². The maximum absolute atomic E-state index is 13.2. The lowest BCUT2D eigenvalue weighted by Crippen LogP contribution is -2.07. The molecular weight excluding hydrogens is 195 g/mol. The topological polar surface area (TPSA) is 26.3 Å². The Morgan fingerprint density at radius 3 is 2.40 bits per heavy atom. The number of carbonyl (C=O) groups excluding carboxylic acids is 1. The van der Waals surface area contributed by atoms with Crippen LogP contribution < -0.4 is 0 Å². The third-order valence-electron chi connectivity index (χ3n) is 1.89. The molecular formula is C12H13FO2. The summed E-state index contributed by atoms with van der Waals surface area (Å²) < 4.78 is 18.0. The molecule has 0 aromatic heterocycles. The number of benzene rings is 1. The number of hydrogen-bond acceptors (Lipinski definition) is 2. The summed E-state index contributed by atoms with van der Waals surface area (Å²) in [5.74, 6) is -1.15. The van der Waals surface area contributed by atoms with Crippen LogP contribution in [0.25, 0.3) is 5.57 Å². The summed E-state index contributed by atoms with van der Waals surface area (Å²) in [6, 6.07) is 8.65. The fourth-order valence-corrected chi connectivity index (χ4v) is 1.27. The summed E-state index contributed by atoms with van der Waals surface area (Å²) in [4.78, 5) is 11.5. The van der Waals surface area contributed by atoms with Gasteiger partial charge < -0.3 is 4.74 Å². The average Bonchev–Trinajstić information content (AvgIpc) is 2.19. The molecule has 2 nitrogen and oxygen atoms in total. The molecule has 80 valence electrons. The first-order valence-corrected chi connectivity index (χ1v) is 4.75. The van der Waals surface area contributed by atoms with Crippen LogP contribution in [0.4, 0.5) is 4.39 Å². The smallest absolute Gasteiger partial charge is 0.341 e. The quantitative estimate of drug-likeness (QED) is 0.564. The highest BCUT2D eigenvalue weighted by molar-refractivity contribution is 6.17. The number of rotatable bonds is 3. The van der Waals surface area contributed by atoms with E-state index in [9.17, 15) is 9.18 Å². The molecule has 15 heavy (non-hydrogen) atoms. The van der Waals surface area contributed by atoms with Crippen LogP contribution in [0.5, 0.6) is 0 Å². The minimum absolute atomic E-state index is 0.00236. The molecule has 0 N–H and O–H groups in total. The van der Waals surface area contributed by atoms with Gasteiger partial charge in [-0.25, -0.2) is 9.18 Å². The highest BCUT2D eigenvalue weighted by atomic mass is 19.1. The molecule has 0 amide bonds. The van der Waals surface area contributed by atoms with Crippen LogP contribution in [0.3, 0.4) is 0 Å². The van der Waals surface area contributed by atoms with E-state index in [2.05, 4.69) is 0 Å². The Balaban J connectivity index is 3.06. The molecule has 0 saturated carbocycles. The first-order valence-electron chi connectivity index (χ1n) is 4.75. The highest BCUT2D eigenvalue weighted by Crippen LogP contribution is 2.20. The van der Waals surface area contributed by atoms with Gasteiger partial charge in [-0.2, -0.15) is 0 Å². The summed E-state index contributed by atoms with van der Waals surface area (Å²) in [7, 11) is 0. The van der Waals surface area contributed by atoms with E-state index in [1.54, 1.807) is 37.3 Å². The zero-order valence-electron chi connectivity index (χ0n) is 8.79. The molecule has 0 bridgehead atoms. The minimum Gasteiger partial charge on any atom is -0.462 e. The standard InChI is InChI=1S/C12H13FO2/c1-3-15-12(14)11(9(2)13)10-7-5-4-6-8-10/h4-8H,3H2,1-2H3/b11-9+. The van der Waals surface area contributed by atoms with Gasteiger partial charge in [0.2, 0.25) is 0 Å². The van der Waals surface area contributed by atoms with Crippen LogP contribution in [-0.4, -0.2) is 12.6 Å². The van der Waals surface area contributed by atoms with Crippen molar-refractivity contribution >= 4 is 11.5 Å². The van der Waals surface area contributed by atoms with Crippen molar-refractivity contribution in [3.05, 3.63) is 41.7 Å². The van der Waals surface area contributed by atoms with Gasteiger partial charge in [0, 0.05) is 0 Å². The average molecular weight is 208 g/mol. The summed E-state index contributed by atoms with van der Waals surface area (Å²) >= 11 is 0. The molecule has 0 radical (unpaired) electrons. The predicted molar refractivity (Wildman–Crippen MR) is 56.8 cm³/mol. The maximum Gasteiger partial charge on any atom is 0.341 e. The van der Waals surface area contributed by atoms with Crippen molar-refractivity contribution < 1.29 is 13.9 Å². The van der Waals surface area contributed by atoms with Crippen molar-refractivity contribution in [1.29, 1.82) is 0 Å². The van der Waals surface area contributed by atoms with Crippen molar-refractivity contribution in [1.82, 2.24) is 0 Å². The molecule has 0 spiro atoms. The monoisotopic (exact) mass is 208 g/mol. The Kier molecular flexibility index (Phi) is 4.03. The summed E-state index contributed by atoms with van der Waals surface area (Å²) in [5, 5.41) is 0. The number of esters is 1. The SMILES string of the molecule is CCOC(=O)/C(=C(\C)F)c1ccccc1. The second kappa shape index (κ2) is 5.29. The van der Waals surface area contributed by atoms with E-state index in [-0.39, 0.29) is 12.2 Å². The van der Waals surface area contributed by atoms with Gasteiger partial charge in [0.15, 0.2) is 0 Å². The minimum atomic E-state index is -0.622. The van der Waals surface area contributed by atoms with E-state index in [4.69, 9.17) is 4.74 Å². The number of allylic oxidation sites excluding steroid dienone is 1. The van der Waals surface area contributed by atoms with Crippen LogP contribution in [0.15, 0.2) is 36.2 Å². The summed E-state index contributed by atoms with van der Waals surface area (Å²) in [5.41, 5.74) is 0.536. The molecule has 0 unspecified atom stereocenters. The Labute approximate surface area is 88.4 Å². The van der Waals surface area contributed by atoms with E-state index in [1.807, 2.05) is 0 Å². The predicted octanol–water partition coefficient (Wildman–Crippen LogP) is 2.95. The van der Waals surface area contributed by atoms with E-state index in [1.165, 1.54) is 6.92 Å². The highest BCUT2D eigenvalue weighted by Gasteiger charge is 2.16. The largest absolute Gasteiger partial charge is 0.462 e. The van der Waals surface area contributed by atoms with Gasteiger partial charge in [0.25, 0.3) is 0 Å². The molecule has 1 rings (SSSR count). The van der Waals surface area contributed by atoms with Gasteiger partial charge >= 0.3 is 5.97 Å². The van der Waals surface area contributed by atoms with Crippen LogP contribution in [0, 0.1) is 0 Å². The Morgan fingerprint density at radius 1 is 1.33 bits per heavy atom. The molecule has 0 atom stereocenters. The first-order chi connectivity index (χ1) is 7.16. The zero-order valence-corrected chi connectivity index (χ0v) is 8.79. The normalized spacial score (nSPS) is 11.9. The molecule has 0 heterocycles. The van der Waals surface area contributed by atoms with Crippen molar-refractivity contribution in [2.24, 2.45) is 0 Å². The second-order valence-corrected chi connectivity index (χ2v) is 2.99. The van der Waals surface area contributed by atoms with E-state index in [0.29, 0.717) is 5.56 Å². The molecule has 1 aromatic rings. The van der Waals surface area contributed by atoms with Gasteiger partial charge in [-0.05, 0) is 19.4 Å².